The number of aliphatic hydroxyl groups is 1. The summed E-state index contributed by atoms with van der Waals surface area (Å²) in [6.07, 6.45) is 6.39. The number of aliphatic hydroxyl groups excluding tert-OH is 1. The predicted octanol–water partition coefficient (Wildman–Crippen LogP) is 1.54. The van der Waals surface area contributed by atoms with Crippen molar-refractivity contribution in [1.29, 1.82) is 0 Å². The molecule has 0 aromatic heterocycles. The summed E-state index contributed by atoms with van der Waals surface area (Å²) >= 11 is 0. The molecule has 2 aliphatic rings. The maximum Gasteiger partial charge on any atom is 0.0613 e. The van der Waals surface area contributed by atoms with Crippen molar-refractivity contribution < 1.29 is 5.11 Å². The largest absolute Gasteiger partial charge is 0.394 e. The fourth-order valence-electron chi connectivity index (χ4n) is 2.44. The van der Waals surface area contributed by atoms with Crippen LogP contribution in [0.5, 0.6) is 0 Å². The number of hydrogen-bond donors (Lipinski definition) is 2. The van der Waals surface area contributed by atoms with E-state index in [0.717, 1.165) is 31.2 Å². The molecule has 0 aromatic carbocycles. The van der Waals surface area contributed by atoms with Crippen molar-refractivity contribution in [3.05, 3.63) is 0 Å². The van der Waals surface area contributed by atoms with Crippen molar-refractivity contribution in [3.63, 3.8) is 0 Å². The summed E-state index contributed by atoms with van der Waals surface area (Å²) in [5.74, 6) is 1.71. The molecule has 0 aromatic rings. The van der Waals surface area contributed by atoms with Gasteiger partial charge in [-0.05, 0) is 50.5 Å². The first kappa shape index (κ1) is 9.47. The highest BCUT2D eigenvalue weighted by molar-refractivity contribution is 4.96. The van der Waals surface area contributed by atoms with E-state index in [1.54, 1.807) is 0 Å². The summed E-state index contributed by atoms with van der Waals surface area (Å²) in [6, 6.07) is 0. The molecular formula is C11H21NO. The molecule has 0 radical (unpaired) electrons. The molecule has 76 valence electrons. The van der Waals surface area contributed by atoms with E-state index in [-0.39, 0.29) is 5.54 Å². The highest BCUT2D eigenvalue weighted by atomic mass is 16.3. The van der Waals surface area contributed by atoms with Gasteiger partial charge in [0, 0.05) is 5.54 Å². The molecule has 0 bridgehead atoms. The van der Waals surface area contributed by atoms with Crippen LogP contribution in [0, 0.1) is 11.8 Å². The summed E-state index contributed by atoms with van der Waals surface area (Å²) in [4.78, 5) is 0. The van der Waals surface area contributed by atoms with Crippen LogP contribution in [0.3, 0.4) is 0 Å². The summed E-state index contributed by atoms with van der Waals surface area (Å²) in [5, 5.41) is 13.0. The predicted molar refractivity (Wildman–Crippen MR) is 53.6 cm³/mol. The van der Waals surface area contributed by atoms with E-state index in [2.05, 4.69) is 12.2 Å². The van der Waals surface area contributed by atoms with Gasteiger partial charge in [0.25, 0.3) is 0 Å². The minimum Gasteiger partial charge on any atom is -0.394 e. The van der Waals surface area contributed by atoms with Gasteiger partial charge < -0.3 is 10.4 Å². The molecule has 0 aliphatic heterocycles. The van der Waals surface area contributed by atoms with Crippen molar-refractivity contribution >= 4 is 0 Å². The van der Waals surface area contributed by atoms with Crippen molar-refractivity contribution in [2.75, 3.05) is 13.2 Å². The highest BCUT2D eigenvalue weighted by Crippen LogP contribution is 2.35. The molecule has 2 unspecified atom stereocenters. The third-order valence-corrected chi connectivity index (χ3v) is 3.62. The first-order chi connectivity index (χ1) is 6.24. The van der Waals surface area contributed by atoms with E-state index in [9.17, 15) is 5.11 Å². The van der Waals surface area contributed by atoms with Crippen LogP contribution in [-0.2, 0) is 0 Å². The van der Waals surface area contributed by atoms with Gasteiger partial charge in [0.05, 0.1) is 6.61 Å². The quantitative estimate of drug-likeness (QED) is 0.693. The zero-order valence-corrected chi connectivity index (χ0v) is 8.55. The molecular weight excluding hydrogens is 162 g/mol. The Balaban J connectivity index is 1.82. The van der Waals surface area contributed by atoms with E-state index >= 15 is 0 Å². The van der Waals surface area contributed by atoms with Crippen LogP contribution < -0.4 is 5.32 Å². The lowest BCUT2D eigenvalue weighted by Crippen LogP contribution is -2.47. The molecule has 0 saturated heterocycles. The molecule has 2 aliphatic carbocycles. The highest BCUT2D eigenvalue weighted by Gasteiger charge is 2.37. The van der Waals surface area contributed by atoms with E-state index in [1.165, 1.54) is 19.3 Å². The first-order valence-electron chi connectivity index (χ1n) is 5.60. The topological polar surface area (TPSA) is 32.3 Å². The minimum atomic E-state index is 0.0853. The molecule has 0 heterocycles. The van der Waals surface area contributed by atoms with Crippen LogP contribution in [0.15, 0.2) is 0 Å². The Morgan fingerprint density at radius 3 is 2.62 bits per heavy atom. The number of rotatable bonds is 4. The van der Waals surface area contributed by atoms with Gasteiger partial charge in [-0.3, -0.25) is 0 Å². The van der Waals surface area contributed by atoms with Gasteiger partial charge in [-0.15, -0.1) is 0 Å². The second-order valence-electron chi connectivity index (χ2n) is 5.11. The van der Waals surface area contributed by atoms with Gasteiger partial charge in [0.1, 0.15) is 0 Å². The Kier molecular flexibility index (Phi) is 2.61. The molecule has 13 heavy (non-hydrogen) atoms. The Hall–Kier alpha value is -0.0800. The molecule has 0 amide bonds. The second-order valence-corrected chi connectivity index (χ2v) is 5.11. The van der Waals surface area contributed by atoms with E-state index in [0.29, 0.717) is 6.61 Å². The monoisotopic (exact) mass is 183 g/mol. The van der Waals surface area contributed by atoms with Crippen LogP contribution in [0.25, 0.3) is 0 Å². The summed E-state index contributed by atoms with van der Waals surface area (Å²) in [7, 11) is 0. The minimum absolute atomic E-state index is 0.0853. The zero-order chi connectivity index (χ0) is 9.31. The third kappa shape index (κ3) is 2.23. The molecule has 2 N–H and O–H groups in total. The van der Waals surface area contributed by atoms with Gasteiger partial charge in [0.15, 0.2) is 0 Å². The van der Waals surface area contributed by atoms with Crippen LogP contribution in [0.2, 0.25) is 0 Å². The lowest BCUT2D eigenvalue weighted by Gasteiger charge is -2.28. The van der Waals surface area contributed by atoms with Crippen molar-refractivity contribution in [2.45, 2.75) is 44.6 Å². The molecule has 2 rings (SSSR count). The summed E-state index contributed by atoms with van der Waals surface area (Å²) in [6.45, 7) is 3.74. The smallest absolute Gasteiger partial charge is 0.0613 e. The van der Waals surface area contributed by atoms with Crippen molar-refractivity contribution in [3.8, 4) is 0 Å². The average Bonchev–Trinajstić information content (AvgIpc) is 2.88. The van der Waals surface area contributed by atoms with Gasteiger partial charge in [-0.25, -0.2) is 0 Å². The normalized spacial score (nSPS) is 39.7. The zero-order valence-electron chi connectivity index (χ0n) is 8.55. The first-order valence-corrected chi connectivity index (χ1v) is 5.60. The Morgan fingerprint density at radius 1 is 1.38 bits per heavy atom. The molecule has 2 nitrogen and oxygen atoms in total. The number of hydrogen-bond acceptors (Lipinski definition) is 2. The fourth-order valence-corrected chi connectivity index (χ4v) is 2.44. The van der Waals surface area contributed by atoms with Gasteiger partial charge in [0.2, 0.25) is 0 Å². The molecule has 2 atom stereocenters. The summed E-state index contributed by atoms with van der Waals surface area (Å²) in [5.41, 5.74) is 0.0853. The van der Waals surface area contributed by atoms with Crippen LogP contribution in [0.1, 0.15) is 39.0 Å². The van der Waals surface area contributed by atoms with Crippen molar-refractivity contribution in [1.82, 2.24) is 5.32 Å². The molecule has 2 heteroatoms. The second kappa shape index (κ2) is 3.58. The summed E-state index contributed by atoms with van der Waals surface area (Å²) < 4.78 is 0. The standard InChI is InChI=1S/C11H21NO/c1-9-4-5-11(6-9,8-13)12-7-10-2-3-10/h9-10,12-13H,2-8H2,1H3. The lowest BCUT2D eigenvalue weighted by molar-refractivity contribution is 0.160. The van der Waals surface area contributed by atoms with Gasteiger partial charge in [-0.1, -0.05) is 6.92 Å². The van der Waals surface area contributed by atoms with Crippen LogP contribution in [0.4, 0.5) is 0 Å². The maximum atomic E-state index is 9.41. The Labute approximate surface area is 80.7 Å². The van der Waals surface area contributed by atoms with E-state index < -0.39 is 0 Å². The maximum absolute atomic E-state index is 9.41. The Bertz CT molecular complexity index is 179. The van der Waals surface area contributed by atoms with Crippen LogP contribution >= 0.6 is 0 Å². The van der Waals surface area contributed by atoms with Gasteiger partial charge in [-0.2, -0.15) is 0 Å². The molecule has 0 spiro atoms. The SMILES string of the molecule is CC1CCC(CO)(NCC2CC2)C1. The van der Waals surface area contributed by atoms with Gasteiger partial charge >= 0.3 is 0 Å². The van der Waals surface area contributed by atoms with E-state index in [4.69, 9.17) is 0 Å². The molecule has 2 fully saturated rings. The lowest BCUT2D eigenvalue weighted by atomic mass is 9.97. The van der Waals surface area contributed by atoms with Crippen LogP contribution in [-0.4, -0.2) is 23.8 Å². The van der Waals surface area contributed by atoms with Crippen molar-refractivity contribution in [2.24, 2.45) is 11.8 Å². The molecule has 2 saturated carbocycles. The fraction of sp³-hybridized carbons (Fsp3) is 1.00. The van der Waals surface area contributed by atoms with E-state index in [1.807, 2.05) is 0 Å². The Morgan fingerprint density at radius 2 is 2.15 bits per heavy atom. The number of nitrogens with one attached hydrogen (secondary N) is 1. The third-order valence-electron chi connectivity index (χ3n) is 3.62. The average molecular weight is 183 g/mol.